The van der Waals surface area contributed by atoms with Gasteiger partial charge >= 0.3 is 0 Å². The van der Waals surface area contributed by atoms with E-state index in [0.717, 1.165) is 11.1 Å². The Kier molecular flexibility index (Phi) is 3.16. The second-order valence-corrected chi connectivity index (χ2v) is 3.60. The Bertz CT molecular complexity index is 407. The molecule has 0 aliphatic rings. The van der Waals surface area contributed by atoms with Crippen molar-refractivity contribution in [2.45, 2.75) is 13.8 Å². The summed E-state index contributed by atoms with van der Waals surface area (Å²) in [7, 11) is 0. The molecule has 0 aliphatic carbocycles. The van der Waals surface area contributed by atoms with Crippen LogP contribution in [0.15, 0.2) is 23.8 Å². The summed E-state index contributed by atoms with van der Waals surface area (Å²) in [5.41, 5.74) is 8.60. The molecule has 14 heavy (non-hydrogen) atoms. The van der Waals surface area contributed by atoms with Crippen LogP contribution in [0.1, 0.15) is 18.1 Å². The van der Waals surface area contributed by atoms with Gasteiger partial charge in [-0.3, -0.25) is 0 Å². The number of halogens is 1. The molecule has 1 rings (SSSR count). The highest BCUT2D eigenvalue weighted by Gasteiger charge is 2.02. The first kappa shape index (κ1) is 10.6. The van der Waals surface area contributed by atoms with Gasteiger partial charge in [0.25, 0.3) is 0 Å². The third-order valence-electron chi connectivity index (χ3n) is 1.92. The number of aryl methyl sites for hydroxylation is 1. The van der Waals surface area contributed by atoms with Gasteiger partial charge in [-0.05, 0) is 37.6 Å². The Hall–Kier alpha value is -1.46. The lowest BCUT2D eigenvalue weighted by molar-refractivity contribution is 1.37. The number of rotatable bonds is 1. The van der Waals surface area contributed by atoms with E-state index in [9.17, 15) is 0 Å². The molecule has 0 amide bonds. The van der Waals surface area contributed by atoms with Gasteiger partial charge in [-0.1, -0.05) is 11.6 Å². The van der Waals surface area contributed by atoms with Crippen molar-refractivity contribution in [3.63, 3.8) is 0 Å². The van der Waals surface area contributed by atoms with Crippen molar-refractivity contribution in [2.75, 3.05) is 0 Å². The third-order valence-corrected chi connectivity index (χ3v) is 2.14. The van der Waals surface area contributed by atoms with Gasteiger partial charge < -0.3 is 5.73 Å². The van der Waals surface area contributed by atoms with Crippen molar-refractivity contribution in [1.82, 2.24) is 0 Å². The predicted molar refractivity (Wildman–Crippen MR) is 58.6 cm³/mol. The van der Waals surface area contributed by atoms with Crippen LogP contribution in [0.5, 0.6) is 0 Å². The number of nitrogens with two attached hydrogens (primary N) is 1. The van der Waals surface area contributed by atoms with Crippen LogP contribution in [0.2, 0.25) is 5.02 Å². The SMILES string of the molecule is C/C(C#N)=C(/N)c1cc(C)cc(Cl)c1. The van der Waals surface area contributed by atoms with Crippen molar-refractivity contribution in [3.8, 4) is 6.07 Å². The van der Waals surface area contributed by atoms with Gasteiger partial charge in [0.1, 0.15) is 0 Å². The predicted octanol–water partition coefficient (Wildman–Crippen LogP) is 2.86. The lowest BCUT2D eigenvalue weighted by Crippen LogP contribution is -1.99. The molecule has 0 heterocycles. The molecule has 0 unspecified atom stereocenters. The summed E-state index contributed by atoms with van der Waals surface area (Å²) in [5.74, 6) is 0. The van der Waals surface area contributed by atoms with Crippen LogP contribution in [0.3, 0.4) is 0 Å². The Morgan fingerprint density at radius 2 is 2.07 bits per heavy atom. The van der Waals surface area contributed by atoms with Crippen LogP contribution in [0.4, 0.5) is 0 Å². The van der Waals surface area contributed by atoms with Gasteiger partial charge in [-0.15, -0.1) is 0 Å². The summed E-state index contributed by atoms with van der Waals surface area (Å²) in [4.78, 5) is 0. The fraction of sp³-hybridized carbons (Fsp3) is 0.182. The van der Waals surface area contributed by atoms with E-state index in [4.69, 9.17) is 22.6 Å². The largest absolute Gasteiger partial charge is 0.397 e. The van der Waals surface area contributed by atoms with Gasteiger partial charge in [0, 0.05) is 16.2 Å². The van der Waals surface area contributed by atoms with E-state index in [2.05, 4.69) is 0 Å². The van der Waals surface area contributed by atoms with Gasteiger partial charge in [0.15, 0.2) is 0 Å². The van der Waals surface area contributed by atoms with Crippen LogP contribution >= 0.6 is 11.6 Å². The second kappa shape index (κ2) is 4.17. The van der Waals surface area contributed by atoms with Gasteiger partial charge in [0.05, 0.1) is 11.8 Å². The molecule has 0 aliphatic heterocycles. The van der Waals surface area contributed by atoms with Crippen molar-refractivity contribution in [3.05, 3.63) is 39.9 Å². The lowest BCUT2D eigenvalue weighted by Gasteiger charge is -2.04. The lowest BCUT2D eigenvalue weighted by atomic mass is 10.1. The minimum atomic E-state index is 0.484. The molecule has 72 valence electrons. The van der Waals surface area contributed by atoms with Crippen molar-refractivity contribution in [2.24, 2.45) is 5.73 Å². The summed E-state index contributed by atoms with van der Waals surface area (Å²) in [5, 5.41) is 9.32. The van der Waals surface area contributed by atoms with Crippen LogP contribution in [0.25, 0.3) is 5.70 Å². The summed E-state index contributed by atoms with van der Waals surface area (Å²) < 4.78 is 0. The molecular weight excluding hydrogens is 196 g/mol. The van der Waals surface area contributed by atoms with E-state index in [1.165, 1.54) is 0 Å². The highest BCUT2D eigenvalue weighted by Crippen LogP contribution is 2.20. The van der Waals surface area contributed by atoms with Gasteiger partial charge in [-0.25, -0.2) is 0 Å². The standard InChI is InChI=1S/C11H11ClN2/c1-7-3-9(5-10(12)4-7)11(14)8(2)6-13/h3-5H,14H2,1-2H3/b11-8-. The summed E-state index contributed by atoms with van der Waals surface area (Å²) in [6, 6.07) is 7.52. The Morgan fingerprint density at radius 3 is 2.57 bits per heavy atom. The normalized spacial score (nSPS) is 11.9. The molecule has 0 fully saturated rings. The number of allylic oxidation sites excluding steroid dienone is 1. The quantitative estimate of drug-likeness (QED) is 0.719. The Labute approximate surface area is 88.6 Å². The smallest absolute Gasteiger partial charge is 0.0965 e. The third kappa shape index (κ3) is 2.27. The van der Waals surface area contributed by atoms with Gasteiger partial charge in [0.2, 0.25) is 0 Å². The van der Waals surface area contributed by atoms with E-state index < -0.39 is 0 Å². The molecule has 3 heteroatoms. The van der Waals surface area contributed by atoms with E-state index in [1.807, 2.05) is 25.1 Å². The minimum Gasteiger partial charge on any atom is -0.397 e. The zero-order valence-corrected chi connectivity index (χ0v) is 8.89. The molecule has 1 aromatic carbocycles. The number of nitriles is 1. The van der Waals surface area contributed by atoms with Crippen molar-refractivity contribution in [1.29, 1.82) is 5.26 Å². The van der Waals surface area contributed by atoms with E-state index in [1.54, 1.807) is 13.0 Å². The van der Waals surface area contributed by atoms with Crippen LogP contribution < -0.4 is 5.73 Å². The zero-order valence-electron chi connectivity index (χ0n) is 8.13. The molecule has 0 atom stereocenters. The van der Waals surface area contributed by atoms with Crippen molar-refractivity contribution >= 4 is 17.3 Å². The maximum atomic E-state index is 8.68. The number of hydrogen-bond donors (Lipinski definition) is 1. The van der Waals surface area contributed by atoms with Gasteiger partial charge in [-0.2, -0.15) is 5.26 Å². The fourth-order valence-corrected chi connectivity index (χ4v) is 1.46. The highest BCUT2D eigenvalue weighted by atomic mass is 35.5. The Morgan fingerprint density at radius 1 is 1.43 bits per heavy atom. The molecule has 2 nitrogen and oxygen atoms in total. The first-order valence-corrected chi connectivity index (χ1v) is 4.56. The van der Waals surface area contributed by atoms with E-state index in [0.29, 0.717) is 16.3 Å². The molecular formula is C11H11ClN2. The monoisotopic (exact) mass is 206 g/mol. The molecule has 0 bridgehead atoms. The summed E-state index contributed by atoms with van der Waals surface area (Å²) in [6.45, 7) is 3.62. The molecule has 2 N–H and O–H groups in total. The minimum absolute atomic E-state index is 0.484. The van der Waals surface area contributed by atoms with Crippen molar-refractivity contribution < 1.29 is 0 Å². The molecule has 0 saturated heterocycles. The average Bonchev–Trinajstić information content (AvgIpc) is 2.14. The maximum absolute atomic E-state index is 8.68. The number of hydrogen-bond acceptors (Lipinski definition) is 2. The molecule has 0 spiro atoms. The topological polar surface area (TPSA) is 49.8 Å². The van der Waals surface area contributed by atoms with E-state index >= 15 is 0 Å². The zero-order chi connectivity index (χ0) is 10.7. The first-order valence-electron chi connectivity index (χ1n) is 4.18. The number of benzene rings is 1. The fourth-order valence-electron chi connectivity index (χ4n) is 1.17. The van der Waals surface area contributed by atoms with Crippen LogP contribution in [-0.4, -0.2) is 0 Å². The van der Waals surface area contributed by atoms with Crippen LogP contribution in [0, 0.1) is 18.3 Å². The highest BCUT2D eigenvalue weighted by molar-refractivity contribution is 6.30. The Balaban J connectivity index is 3.28. The van der Waals surface area contributed by atoms with E-state index in [-0.39, 0.29) is 0 Å². The second-order valence-electron chi connectivity index (χ2n) is 3.17. The molecule has 0 radical (unpaired) electrons. The maximum Gasteiger partial charge on any atom is 0.0965 e. The average molecular weight is 207 g/mol. The summed E-state index contributed by atoms with van der Waals surface area (Å²) >= 11 is 5.88. The van der Waals surface area contributed by atoms with Crippen LogP contribution in [-0.2, 0) is 0 Å². The molecule has 0 saturated carbocycles. The summed E-state index contributed by atoms with van der Waals surface area (Å²) in [6.07, 6.45) is 0. The molecule has 0 aromatic heterocycles. The number of nitrogens with zero attached hydrogens (tertiary/aromatic N) is 1. The first-order chi connectivity index (χ1) is 6.54. The molecule has 1 aromatic rings.